The summed E-state index contributed by atoms with van der Waals surface area (Å²) in [5, 5.41) is 4.40. The van der Waals surface area contributed by atoms with Gasteiger partial charge in [0.1, 0.15) is 6.04 Å². The second-order valence-electron chi connectivity index (χ2n) is 7.91. The molecule has 1 aliphatic heterocycles. The zero-order chi connectivity index (χ0) is 19.1. The number of aromatic nitrogens is 2. The molecule has 5 rings (SSSR count). The van der Waals surface area contributed by atoms with E-state index in [1.54, 1.807) is 0 Å². The molecule has 1 aliphatic carbocycles. The van der Waals surface area contributed by atoms with Gasteiger partial charge in [-0.15, -0.1) is 0 Å². The van der Waals surface area contributed by atoms with E-state index in [4.69, 9.17) is 9.97 Å². The summed E-state index contributed by atoms with van der Waals surface area (Å²) in [7, 11) is 0. The summed E-state index contributed by atoms with van der Waals surface area (Å²) >= 11 is 0. The van der Waals surface area contributed by atoms with Crippen LogP contribution in [0.25, 0.3) is 10.9 Å². The van der Waals surface area contributed by atoms with E-state index >= 15 is 0 Å². The predicted molar refractivity (Wildman–Crippen MR) is 110 cm³/mol. The highest BCUT2D eigenvalue weighted by Crippen LogP contribution is 2.45. The molecule has 0 radical (unpaired) electrons. The van der Waals surface area contributed by atoms with Gasteiger partial charge in [0.15, 0.2) is 0 Å². The summed E-state index contributed by atoms with van der Waals surface area (Å²) in [6.45, 7) is 2.82. The monoisotopic (exact) mass is 372 g/mol. The second-order valence-corrected chi connectivity index (χ2v) is 7.91. The number of nitrogens with one attached hydrogen (secondary N) is 1. The van der Waals surface area contributed by atoms with Gasteiger partial charge in [0.25, 0.3) is 0 Å². The van der Waals surface area contributed by atoms with Gasteiger partial charge in [-0.05, 0) is 44.2 Å². The summed E-state index contributed by atoms with van der Waals surface area (Å²) in [5.41, 5.74) is 2.89. The Balaban J connectivity index is 1.41. The predicted octanol–water partition coefficient (Wildman–Crippen LogP) is 3.71. The number of fused-ring (bicyclic) bond motifs is 1. The molecule has 3 aromatic rings. The molecule has 28 heavy (non-hydrogen) atoms. The first-order chi connectivity index (χ1) is 13.7. The first-order valence-electron chi connectivity index (χ1n) is 10.0. The topological polar surface area (TPSA) is 58.1 Å². The lowest BCUT2D eigenvalue weighted by Crippen LogP contribution is -2.47. The van der Waals surface area contributed by atoms with Gasteiger partial charge in [-0.25, -0.2) is 9.97 Å². The van der Waals surface area contributed by atoms with Crippen molar-refractivity contribution in [2.45, 2.75) is 44.2 Å². The van der Waals surface area contributed by atoms with Crippen LogP contribution in [-0.4, -0.2) is 28.5 Å². The van der Waals surface area contributed by atoms with Gasteiger partial charge >= 0.3 is 0 Å². The van der Waals surface area contributed by atoms with E-state index < -0.39 is 0 Å². The lowest BCUT2D eigenvalue weighted by atomic mass is 10.0. The van der Waals surface area contributed by atoms with Gasteiger partial charge in [-0.2, -0.15) is 0 Å². The number of aryl methyl sites for hydroxylation is 1. The molecule has 5 nitrogen and oxygen atoms in total. The lowest BCUT2D eigenvalue weighted by molar-refractivity contribution is -0.123. The third-order valence-electron chi connectivity index (χ3n) is 6.03. The van der Waals surface area contributed by atoms with Gasteiger partial charge in [0.2, 0.25) is 11.9 Å². The number of amides is 1. The van der Waals surface area contributed by atoms with Crippen LogP contribution in [0.15, 0.2) is 54.6 Å². The van der Waals surface area contributed by atoms with E-state index in [-0.39, 0.29) is 17.5 Å². The number of hydrogen-bond donors (Lipinski definition) is 1. The minimum Gasteiger partial charge on any atom is -0.345 e. The Morgan fingerprint density at radius 2 is 1.82 bits per heavy atom. The smallest absolute Gasteiger partial charge is 0.243 e. The third-order valence-corrected chi connectivity index (χ3v) is 6.03. The zero-order valence-corrected chi connectivity index (χ0v) is 16.1. The summed E-state index contributed by atoms with van der Waals surface area (Å²) in [4.78, 5) is 24.8. The highest BCUT2D eigenvalue weighted by Gasteiger charge is 2.47. The van der Waals surface area contributed by atoms with Gasteiger partial charge in [0.05, 0.1) is 16.7 Å². The quantitative estimate of drug-likeness (QED) is 0.758. The second kappa shape index (κ2) is 6.59. The Morgan fingerprint density at radius 3 is 2.61 bits per heavy atom. The maximum atomic E-state index is 13.2. The Morgan fingerprint density at radius 1 is 1.07 bits per heavy atom. The van der Waals surface area contributed by atoms with Crippen LogP contribution >= 0.6 is 0 Å². The number of benzene rings is 2. The molecular weight excluding hydrogens is 348 g/mol. The van der Waals surface area contributed by atoms with Crippen LogP contribution in [0.3, 0.4) is 0 Å². The number of anilines is 1. The van der Waals surface area contributed by atoms with Gasteiger partial charge in [-0.1, -0.05) is 48.5 Å². The molecule has 1 N–H and O–H groups in total. The minimum absolute atomic E-state index is 0.0910. The van der Waals surface area contributed by atoms with Gasteiger partial charge in [-0.3, -0.25) is 4.79 Å². The normalized spacial score (nSPS) is 20.3. The van der Waals surface area contributed by atoms with Crippen LogP contribution in [-0.2, 0) is 10.3 Å². The molecule has 2 fully saturated rings. The molecule has 2 heterocycles. The Bertz CT molecular complexity index is 1030. The van der Waals surface area contributed by atoms with Crippen LogP contribution in [0, 0.1) is 6.92 Å². The summed E-state index contributed by atoms with van der Waals surface area (Å²) in [5.74, 6) is 0.756. The molecule has 1 saturated carbocycles. The van der Waals surface area contributed by atoms with Crippen molar-refractivity contribution < 1.29 is 4.79 Å². The largest absolute Gasteiger partial charge is 0.345 e. The maximum absolute atomic E-state index is 13.2. The Kier molecular flexibility index (Phi) is 4.04. The van der Waals surface area contributed by atoms with Crippen molar-refractivity contribution >= 4 is 22.8 Å². The van der Waals surface area contributed by atoms with E-state index in [0.29, 0.717) is 5.95 Å². The van der Waals surface area contributed by atoms with Crippen LogP contribution < -0.4 is 10.2 Å². The zero-order valence-electron chi connectivity index (χ0n) is 16.1. The van der Waals surface area contributed by atoms with Crippen LogP contribution in [0.4, 0.5) is 5.95 Å². The molecule has 1 amide bonds. The van der Waals surface area contributed by atoms with E-state index in [1.165, 1.54) is 5.56 Å². The highest BCUT2D eigenvalue weighted by molar-refractivity contribution is 5.87. The minimum atomic E-state index is -0.207. The van der Waals surface area contributed by atoms with Gasteiger partial charge < -0.3 is 10.2 Å². The SMILES string of the molecule is Cc1nc(N2CCCC2C(=O)NC2(c3ccccc3)CC2)nc2ccccc12. The molecular formula is C23H24N4O. The van der Waals surface area contributed by atoms with Gasteiger partial charge in [0, 0.05) is 11.9 Å². The fourth-order valence-corrected chi connectivity index (χ4v) is 4.31. The van der Waals surface area contributed by atoms with E-state index in [0.717, 1.165) is 48.8 Å². The van der Waals surface area contributed by atoms with Crippen molar-refractivity contribution in [3.05, 3.63) is 65.9 Å². The number of para-hydroxylation sites is 1. The number of carbonyl (C=O) groups is 1. The van der Waals surface area contributed by atoms with Crippen LogP contribution in [0.1, 0.15) is 36.9 Å². The fraction of sp³-hybridized carbons (Fsp3) is 0.348. The molecule has 1 aromatic heterocycles. The number of rotatable bonds is 4. The summed E-state index contributed by atoms with van der Waals surface area (Å²) in [6, 6.07) is 18.1. The standard InChI is InChI=1S/C23H24N4O/c1-16-18-10-5-6-11-19(18)25-22(24-16)27-15-7-12-20(27)21(28)26-23(13-14-23)17-8-3-2-4-9-17/h2-6,8-11,20H,7,12-15H2,1H3,(H,26,28). The Hall–Kier alpha value is -2.95. The lowest BCUT2D eigenvalue weighted by Gasteiger charge is -2.27. The molecule has 1 unspecified atom stereocenters. The van der Waals surface area contributed by atoms with Crippen molar-refractivity contribution in [2.75, 3.05) is 11.4 Å². The summed E-state index contributed by atoms with van der Waals surface area (Å²) in [6.07, 6.45) is 3.82. The first-order valence-corrected chi connectivity index (χ1v) is 10.0. The first kappa shape index (κ1) is 17.2. The fourth-order valence-electron chi connectivity index (χ4n) is 4.31. The maximum Gasteiger partial charge on any atom is 0.243 e. The van der Waals surface area contributed by atoms with Crippen LogP contribution in [0.2, 0.25) is 0 Å². The number of hydrogen-bond acceptors (Lipinski definition) is 4. The molecule has 142 valence electrons. The Labute approximate surface area is 164 Å². The molecule has 1 saturated heterocycles. The number of carbonyl (C=O) groups excluding carboxylic acids is 1. The van der Waals surface area contributed by atoms with Crippen molar-refractivity contribution in [3.63, 3.8) is 0 Å². The van der Waals surface area contributed by atoms with E-state index in [9.17, 15) is 4.79 Å². The van der Waals surface area contributed by atoms with Crippen LogP contribution in [0.5, 0.6) is 0 Å². The third kappa shape index (κ3) is 2.91. The van der Waals surface area contributed by atoms with Crippen molar-refractivity contribution in [1.82, 2.24) is 15.3 Å². The van der Waals surface area contributed by atoms with E-state index in [2.05, 4.69) is 22.3 Å². The molecule has 2 aromatic carbocycles. The van der Waals surface area contributed by atoms with E-state index in [1.807, 2.05) is 49.4 Å². The average Bonchev–Trinajstić information content (AvgIpc) is 3.33. The molecule has 0 bridgehead atoms. The summed E-state index contributed by atoms with van der Waals surface area (Å²) < 4.78 is 0. The molecule has 5 heteroatoms. The van der Waals surface area contributed by atoms with Crippen molar-refractivity contribution in [1.29, 1.82) is 0 Å². The highest BCUT2D eigenvalue weighted by atomic mass is 16.2. The molecule has 1 atom stereocenters. The average molecular weight is 372 g/mol. The van der Waals surface area contributed by atoms with Crippen molar-refractivity contribution in [2.24, 2.45) is 0 Å². The molecule has 2 aliphatic rings. The number of nitrogens with zero attached hydrogens (tertiary/aromatic N) is 3. The molecule has 0 spiro atoms. The van der Waals surface area contributed by atoms with Crippen molar-refractivity contribution in [3.8, 4) is 0 Å².